The van der Waals surface area contributed by atoms with E-state index in [1.807, 2.05) is 48.5 Å². The van der Waals surface area contributed by atoms with Crippen LogP contribution in [0.15, 0.2) is 76.4 Å². The van der Waals surface area contributed by atoms with E-state index in [9.17, 15) is 9.59 Å². The van der Waals surface area contributed by atoms with Crippen molar-refractivity contribution >= 4 is 51.5 Å². The molecule has 1 amide bonds. The quantitative estimate of drug-likeness (QED) is 0.457. The summed E-state index contributed by atoms with van der Waals surface area (Å²) in [4.78, 5) is 33.0. The Balaban J connectivity index is 1.49. The van der Waals surface area contributed by atoms with Crippen molar-refractivity contribution in [1.29, 1.82) is 0 Å². The smallest absolute Gasteiger partial charge is 0.358 e. The van der Waals surface area contributed by atoms with Gasteiger partial charge in [-0.05, 0) is 24.3 Å². The molecule has 0 atom stereocenters. The predicted octanol–water partition coefficient (Wildman–Crippen LogP) is 4.73. The first-order valence-electron chi connectivity index (χ1n) is 8.83. The van der Waals surface area contributed by atoms with E-state index in [1.54, 1.807) is 28.1 Å². The highest BCUT2D eigenvalue weighted by Crippen LogP contribution is 2.47. The summed E-state index contributed by atoms with van der Waals surface area (Å²) < 4.78 is 5.25. The number of esters is 1. The molecule has 0 saturated carbocycles. The number of aromatic nitrogens is 1. The number of carbonyl (C=O) groups excluding carboxylic acids is 2. The highest BCUT2D eigenvalue weighted by atomic mass is 32.2. The second-order valence-corrected chi connectivity index (χ2v) is 7.99. The monoisotopic (exact) mass is 423 g/mol. The van der Waals surface area contributed by atoms with Crippen molar-refractivity contribution in [2.75, 3.05) is 23.4 Å². The minimum Gasteiger partial charge on any atom is -0.451 e. The van der Waals surface area contributed by atoms with Crippen molar-refractivity contribution < 1.29 is 14.3 Å². The number of rotatable bonds is 6. The summed E-state index contributed by atoms with van der Waals surface area (Å²) in [6, 6.07) is 15.3. The minimum atomic E-state index is -0.630. The fourth-order valence-corrected chi connectivity index (χ4v) is 4.60. The Morgan fingerprint density at radius 2 is 1.76 bits per heavy atom. The Morgan fingerprint density at radius 1 is 1.10 bits per heavy atom. The van der Waals surface area contributed by atoms with Crippen LogP contribution in [-0.2, 0) is 9.53 Å². The van der Waals surface area contributed by atoms with Crippen LogP contribution in [-0.4, -0.2) is 30.0 Å². The van der Waals surface area contributed by atoms with Crippen LogP contribution in [0, 0.1) is 0 Å². The third-order valence-corrected chi connectivity index (χ3v) is 6.05. The molecule has 3 aromatic rings. The van der Waals surface area contributed by atoms with Gasteiger partial charge >= 0.3 is 5.97 Å². The number of fused-ring (bicyclic) bond motifs is 2. The highest BCUT2D eigenvalue weighted by Gasteiger charge is 2.28. The first kappa shape index (κ1) is 19.2. The maximum Gasteiger partial charge on any atom is 0.358 e. The Kier molecular flexibility index (Phi) is 5.64. The van der Waals surface area contributed by atoms with E-state index in [2.05, 4.69) is 16.9 Å². The molecule has 4 rings (SSSR count). The molecule has 1 N–H and O–H groups in total. The van der Waals surface area contributed by atoms with Gasteiger partial charge in [0, 0.05) is 21.7 Å². The van der Waals surface area contributed by atoms with Crippen LogP contribution in [0.4, 0.5) is 16.5 Å². The van der Waals surface area contributed by atoms with Crippen LogP contribution >= 0.6 is 23.1 Å². The maximum atomic E-state index is 13.0. The molecule has 0 bridgehead atoms. The zero-order valence-corrected chi connectivity index (χ0v) is 17.0. The van der Waals surface area contributed by atoms with Crippen LogP contribution in [0.3, 0.4) is 0 Å². The molecule has 0 spiro atoms. The number of thiazole rings is 1. The molecule has 1 aliphatic rings. The Labute approximate surface area is 176 Å². The molecule has 0 aliphatic carbocycles. The minimum absolute atomic E-state index is 0.171. The summed E-state index contributed by atoms with van der Waals surface area (Å²) in [5.41, 5.74) is 1.73. The first-order chi connectivity index (χ1) is 14.2. The summed E-state index contributed by atoms with van der Waals surface area (Å²) in [7, 11) is 0. The number of para-hydroxylation sites is 2. The first-order valence-corrected chi connectivity index (χ1v) is 10.5. The molecule has 0 radical (unpaired) electrons. The molecule has 146 valence electrons. The normalized spacial score (nSPS) is 11.9. The molecular weight excluding hydrogens is 406 g/mol. The van der Waals surface area contributed by atoms with E-state index in [4.69, 9.17) is 4.74 Å². The van der Waals surface area contributed by atoms with Crippen molar-refractivity contribution in [3.8, 4) is 0 Å². The summed E-state index contributed by atoms with van der Waals surface area (Å²) in [6.07, 6.45) is 1.70. The van der Waals surface area contributed by atoms with Crippen LogP contribution in [0.25, 0.3) is 0 Å². The summed E-state index contributed by atoms with van der Waals surface area (Å²) in [6.45, 7) is 3.79. The van der Waals surface area contributed by atoms with Crippen LogP contribution in [0.5, 0.6) is 0 Å². The lowest BCUT2D eigenvalue weighted by molar-refractivity contribution is -0.121. The third-order valence-electron chi connectivity index (χ3n) is 4.12. The molecule has 2 heterocycles. The predicted molar refractivity (Wildman–Crippen MR) is 115 cm³/mol. The van der Waals surface area contributed by atoms with Crippen LogP contribution in [0.2, 0.25) is 0 Å². The largest absolute Gasteiger partial charge is 0.451 e. The van der Waals surface area contributed by atoms with E-state index in [0.717, 1.165) is 21.2 Å². The van der Waals surface area contributed by atoms with Gasteiger partial charge < -0.3 is 10.1 Å². The van der Waals surface area contributed by atoms with Gasteiger partial charge in [-0.15, -0.1) is 17.9 Å². The van der Waals surface area contributed by atoms with Gasteiger partial charge in [-0.25, -0.2) is 9.78 Å². The topological polar surface area (TPSA) is 71.5 Å². The van der Waals surface area contributed by atoms with Crippen molar-refractivity contribution in [3.63, 3.8) is 0 Å². The molecule has 6 nitrogen and oxygen atoms in total. The number of ether oxygens (including phenoxy) is 1. The number of carbonyl (C=O) groups is 2. The number of nitrogens with zero attached hydrogens (tertiary/aromatic N) is 2. The van der Waals surface area contributed by atoms with Gasteiger partial charge in [0.05, 0.1) is 11.4 Å². The number of benzene rings is 2. The molecule has 0 unspecified atom stereocenters. The maximum absolute atomic E-state index is 13.0. The van der Waals surface area contributed by atoms with Crippen molar-refractivity contribution in [2.45, 2.75) is 9.79 Å². The Hall–Kier alpha value is -3.10. The van der Waals surface area contributed by atoms with Gasteiger partial charge in [0.25, 0.3) is 5.91 Å². The van der Waals surface area contributed by atoms with E-state index in [0.29, 0.717) is 11.7 Å². The molecule has 2 aromatic carbocycles. The number of anilines is 3. The lowest BCUT2D eigenvalue weighted by Crippen LogP contribution is -2.32. The molecule has 8 heteroatoms. The zero-order chi connectivity index (χ0) is 20.2. The van der Waals surface area contributed by atoms with Crippen LogP contribution in [0.1, 0.15) is 10.5 Å². The lowest BCUT2D eigenvalue weighted by Gasteiger charge is -2.30. The summed E-state index contributed by atoms with van der Waals surface area (Å²) >= 11 is 2.90. The van der Waals surface area contributed by atoms with Gasteiger partial charge in [-0.1, -0.05) is 42.1 Å². The SMILES string of the molecule is C=CCNc1nc(C(=O)OCC(=O)N2c3ccccc3Sc3ccccc32)cs1. The molecule has 29 heavy (non-hydrogen) atoms. The van der Waals surface area contributed by atoms with Crippen LogP contribution < -0.4 is 10.2 Å². The van der Waals surface area contributed by atoms with E-state index in [-0.39, 0.29) is 18.2 Å². The molecule has 1 aromatic heterocycles. The van der Waals surface area contributed by atoms with Gasteiger partial charge in [-0.3, -0.25) is 9.69 Å². The van der Waals surface area contributed by atoms with Crippen molar-refractivity contribution in [2.24, 2.45) is 0 Å². The standard InChI is InChI=1S/C21H17N3O3S2/c1-2-11-22-21-23-14(13-28-21)20(26)27-12-19(25)24-15-7-3-5-9-17(15)29-18-10-6-4-8-16(18)24/h2-10,13H,1,11-12H2,(H,22,23). The van der Waals surface area contributed by atoms with Gasteiger partial charge in [0.15, 0.2) is 17.4 Å². The van der Waals surface area contributed by atoms with Crippen molar-refractivity contribution in [1.82, 2.24) is 4.98 Å². The molecule has 1 aliphatic heterocycles. The number of amides is 1. The van der Waals surface area contributed by atoms with E-state index < -0.39 is 5.97 Å². The lowest BCUT2D eigenvalue weighted by atomic mass is 10.2. The third kappa shape index (κ3) is 4.03. The highest BCUT2D eigenvalue weighted by molar-refractivity contribution is 7.99. The molecule has 0 saturated heterocycles. The summed E-state index contributed by atoms with van der Waals surface area (Å²) in [5.74, 6) is -0.951. The fourth-order valence-electron chi connectivity index (χ4n) is 2.85. The second-order valence-electron chi connectivity index (χ2n) is 6.05. The van der Waals surface area contributed by atoms with Gasteiger partial charge in [0.1, 0.15) is 0 Å². The number of hydrogen-bond acceptors (Lipinski definition) is 7. The van der Waals surface area contributed by atoms with Gasteiger partial charge in [-0.2, -0.15) is 0 Å². The molecule has 0 fully saturated rings. The Morgan fingerprint density at radius 3 is 2.41 bits per heavy atom. The number of hydrogen-bond donors (Lipinski definition) is 1. The van der Waals surface area contributed by atoms with Gasteiger partial charge in [0.2, 0.25) is 0 Å². The zero-order valence-electron chi connectivity index (χ0n) is 15.3. The molecular formula is C21H17N3O3S2. The summed E-state index contributed by atoms with van der Waals surface area (Å²) in [5, 5.41) is 5.21. The average Bonchev–Trinajstić information content (AvgIpc) is 3.23. The number of nitrogens with one attached hydrogen (secondary N) is 1. The fraction of sp³-hybridized carbons (Fsp3) is 0.0952. The van der Waals surface area contributed by atoms with Crippen molar-refractivity contribution in [3.05, 3.63) is 72.3 Å². The second kappa shape index (κ2) is 8.50. The average molecular weight is 424 g/mol. The Bertz CT molecular complexity index is 1030. The van der Waals surface area contributed by atoms with E-state index >= 15 is 0 Å². The van der Waals surface area contributed by atoms with E-state index in [1.165, 1.54) is 11.3 Å².